The molecular weight excluding hydrogens is 1120 g/mol. The number of anilines is 6. The van der Waals surface area contributed by atoms with Crippen molar-refractivity contribution < 1.29 is 0 Å². The van der Waals surface area contributed by atoms with Gasteiger partial charge in [-0.15, -0.1) is 0 Å². The summed E-state index contributed by atoms with van der Waals surface area (Å²) in [6.07, 6.45) is 0. The van der Waals surface area contributed by atoms with Crippen molar-refractivity contribution in [3.05, 3.63) is 352 Å². The third-order valence-corrected chi connectivity index (χ3v) is 22.0. The van der Waals surface area contributed by atoms with Crippen LogP contribution in [-0.4, -0.2) is 17.2 Å². The third kappa shape index (κ3) is 10.2. The molecule has 0 radical (unpaired) electrons. The Hall–Kier alpha value is -11.5. The number of nitrogens with zero attached hydrogens (tertiary/aromatic N) is 4. The first-order chi connectivity index (χ1) is 44.9. The lowest BCUT2D eigenvalue weighted by Crippen LogP contribution is -2.52. The Bertz CT molecular complexity index is 4940. The van der Waals surface area contributed by atoms with Crippen LogP contribution in [0.25, 0.3) is 99.5 Å². The number of hydrogen-bond donors (Lipinski definition) is 0. The Kier molecular flexibility index (Phi) is 14.0. The normalized spacial score (nSPS) is 11.6. The Labute approximate surface area is 532 Å². The van der Waals surface area contributed by atoms with E-state index in [9.17, 15) is 0 Å². The summed E-state index contributed by atoms with van der Waals surface area (Å²) in [7, 11) is -2.09. The molecule has 2 heterocycles. The van der Waals surface area contributed by atoms with Crippen LogP contribution < -0.4 is 20.2 Å². The van der Waals surface area contributed by atoms with Crippen molar-refractivity contribution in [2.75, 3.05) is 9.80 Å². The van der Waals surface area contributed by atoms with Crippen LogP contribution in [0.5, 0.6) is 0 Å². The van der Waals surface area contributed by atoms with Crippen LogP contribution >= 0.6 is 0 Å². The molecule has 5 heteroatoms. The summed E-state index contributed by atoms with van der Waals surface area (Å²) in [5.41, 5.74) is 23.1. The van der Waals surface area contributed by atoms with Crippen molar-refractivity contribution in [2.24, 2.45) is 0 Å². The summed E-state index contributed by atoms with van der Waals surface area (Å²) in [6, 6.07) is 129. The van der Waals surface area contributed by atoms with E-state index >= 15 is 0 Å². The summed E-state index contributed by atoms with van der Waals surface area (Å²) >= 11 is 0. The largest absolute Gasteiger partial charge is 0.310 e. The molecule has 0 saturated heterocycles. The van der Waals surface area contributed by atoms with Gasteiger partial charge in [0.05, 0.1) is 22.1 Å². The van der Waals surface area contributed by atoms with Crippen LogP contribution in [0.3, 0.4) is 0 Å². The second-order valence-corrected chi connectivity index (χ2v) is 28.6. The van der Waals surface area contributed by atoms with Crippen molar-refractivity contribution in [1.82, 2.24) is 9.13 Å². The van der Waals surface area contributed by atoms with Crippen LogP contribution in [-0.2, 0) is 0 Å². The van der Waals surface area contributed by atoms with E-state index in [0.29, 0.717) is 0 Å². The Morgan fingerprint density at radius 1 is 0.209 bits per heavy atom. The van der Waals surface area contributed by atoms with Gasteiger partial charge in [-0.3, -0.25) is 0 Å². The van der Waals surface area contributed by atoms with Crippen molar-refractivity contribution in [2.45, 2.75) is 13.1 Å². The number of fused-ring (bicyclic) bond motifs is 6. The first-order valence-corrected chi connectivity index (χ1v) is 34.4. The molecule has 0 atom stereocenters. The number of para-hydroxylation sites is 4. The summed E-state index contributed by atoms with van der Waals surface area (Å²) in [5, 5.41) is 7.68. The minimum Gasteiger partial charge on any atom is -0.310 e. The molecule has 0 saturated carbocycles. The topological polar surface area (TPSA) is 16.3 Å². The molecule has 4 nitrogen and oxygen atoms in total. The molecule has 0 aliphatic heterocycles. The molecule has 91 heavy (non-hydrogen) atoms. The maximum Gasteiger partial charge on any atom is 0.112 e. The molecule has 2 aromatic heterocycles. The predicted molar refractivity (Wildman–Crippen MR) is 389 cm³/mol. The van der Waals surface area contributed by atoms with Gasteiger partial charge in [-0.1, -0.05) is 254 Å². The molecule has 0 aliphatic rings. The maximum atomic E-state index is 2.47. The van der Waals surface area contributed by atoms with E-state index in [0.717, 1.165) is 45.5 Å². The zero-order chi connectivity index (χ0) is 60.8. The molecule has 0 N–H and O–H groups in total. The third-order valence-electron chi connectivity index (χ3n) is 18.4. The van der Waals surface area contributed by atoms with Gasteiger partial charge < -0.3 is 18.9 Å². The quantitative estimate of drug-likeness (QED) is 0.101. The van der Waals surface area contributed by atoms with Gasteiger partial charge in [-0.25, -0.2) is 0 Å². The monoisotopic (exact) mass is 1180 g/mol. The van der Waals surface area contributed by atoms with Gasteiger partial charge >= 0.3 is 0 Å². The van der Waals surface area contributed by atoms with Crippen LogP contribution in [0, 0.1) is 0 Å². The molecule has 0 fully saturated rings. The minimum atomic E-state index is -2.09. The summed E-state index contributed by atoms with van der Waals surface area (Å²) in [4.78, 5) is 4.80. The van der Waals surface area contributed by atoms with E-state index in [1.807, 2.05) is 0 Å². The molecule has 0 amide bonds. The van der Waals surface area contributed by atoms with E-state index in [1.54, 1.807) is 0 Å². The van der Waals surface area contributed by atoms with Gasteiger partial charge in [0.1, 0.15) is 8.07 Å². The van der Waals surface area contributed by atoms with Gasteiger partial charge in [-0.2, -0.15) is 0 Å². The molecule has 432 valence electrons. The van der Waals surface area contributed by atoms with Crippen LogP contribution in [0.2, 0.25) is 13.1 Å². The number of aromatic nitrogens is 2. The van der Waals surface area contributed by atoms with Gasteiger partial charge in [0.25, 0.3) is 0 Å². The van der Waals surface area contributed by atoms with Crippen molar-refractivity contribution in [1.29, 1.82) is 0 Å². The van der Waals surface area contributed by atoms with Crippen molar-refractivity contribution in [3.8, 4) is 55.9 Å². The fraction of sp³-hybridized carbons (Fsp3) is 0.0233. The molecule has 16 aromatic rings. The molecule has 0 unspecified atom stereocenters. The highest BCUT2D eigenvalue weighted by Crippen LogP contribution is 2.44. The molecule has 16 rings (SSSR count). The standard InChI is InChI=1S/C86H64N4Si/c1-91(2,77-51-41-65(42-52-77)63-37-45-71(46-38-63)87(73-31-19-25-67(57-73)61-21-7-3-8-22-61)75-49-55-85-81(59-75)79-33-15-17-35-83(79)89(85)69-27-11-5-12-28-69)78-53-43-66(44-54-78)64-39-47-72(48-40-64)88(74-32-20-26-68(58-74)62-23-9-4-10-24-62)76-50-56-86-82(60-76)80-34-16-18-36-84(80)90(86)70-29-13-6-14-30-70/h3-60H,1-2H3. The van der Waals surface area contributed by atoms with Crippen LogP contribution in [0.1, 0.15) is 0 Å². The Morgan fingerprint density at radius 3 is 0.879 bits per heavy atom. The molecular formula is C86H64N4Si. The number of benzene rings is 14. The Balaban J connectivity index is 0.679. The van der Waals surface area contributed by atoms with E-state index < -0.39 is 8.07 Å². The highest BCUT2D eigenvalue weighted by Gasteiger charge is 2.27. The zero-order valence-electron chi connectivity index (χ0n) is 50.8. The lowest BCUT2D eigenvalue weighted by molar-refractivity contribution is 1.18. The molecule has 0 spiro atoms. The average molecular weight is 1180 g/mol. The van der Waals surface area contributed by atoms with Gasteiger partial charge in [0.15, 0.2) is 0 Å². The van der Waals surface area contributed by atoms with E-state index in [-0.39, 0.29) is 0 Å². The Morgan fingerprint density at radius 2 is 0.495 bits per heavy atom. The first-order valence-electron chi connectivity index (χ1n) is 31.4. The van der Waals surface area contributed by atoms with Crippen LogP contribution in [0.15, 0.2) is 352 Å². The van der Waals surface area contributed by atoms with Gasteiger partial charge in [-0.05, 0) is 166 Å². The second-order valence-electron chi connectivity index (χ2n) is 24.2. The number of rotatable bonds is 14. The zero-order valence-corrected chi connectivity index (χ0v) is 51.8. The lowest BCUT2D eigenvalue weighted by atomic mass is 10.0. The van der Waals surface area contributed by atoms with Gasteiger partial charge in [0.2, 0.25) is 0 Å². The summed E-state index contributed by atoms with van der Waals surface area (Å²) < 4.78 is 4.76. The van der Waals surface area contributed by atoms with E-state index in [4.69, 9.17) is 0 Å². The van der Waals surface area contributed by atoms with Gasteiger partial charge in [0, 0.05) is 67.0 Å². The van der Waals surface area contributed by atoms with E-state index in [2.05, 4.69) is 384 Å². The van der Waals surface area contributed by atoms with E-state index in [1.165, 1.54) is 98.5 Å². The maximum absolute atomic E-state index is 2.47. The summed E-state index contributed by atoms with van der Waals surface area (Å²) in [6.45, 7) is 4.94. The molecule has 0 aliphatic carbocycles. The van der Waals surface area contributed by atoms with Crippen molar-refractivity contribution >= 4 is 96.2 Å². The first kappa shape index (κ1) is 54.9. The minimum absolute atomic E-state index is 1.09. The SMILES string of the molecule is C[Si](C)(c1ccc(-c2ccc(N(c3cccc(-c4ccccc4)c3)c3ccc4c(c3)c3ccccc3n4-c3ccccc3)cc2)cc1)c1ccc(-c2ccc(N(c3cccc(-c4ccccc4)c3)c3ccc4c(c3)c3ccccc3n4-c3ccccc3)cc2)cc1. The fourth-order valence-corrected chi connectivity index (χ4v) is 16.0. The second kappa shape index (κ2) is 23.2. The average Bonchev–Trinajstić information content (AvgIpc) is 1.69. The highest BCUT2D eigenvalue weighted by molar-refractivity contribution is 7.00. The van der Waals surface area contributed by atoms with Crippen LogP contribution in [0.4, 0.5) is 34.1 Å². The number of hydrogen-bond acceptors (Lipinski definition) is 2. The highest BCUT2D eigenvalue weighted by atomic mass is 28.3. The smallest absolute Gasteiger partial charge is 0.112 e. The summed E-state index contributed by atoms with van der Waals surface area (Å²) in [5.74, 6) is 0. The molecule has 14 aromatic carbocycles. The molecule has 0 bridgehead atoms. The predicted octanol–water partition coefficient (Wildman–Crippen LogP) is 22.3. The lowest BCUT2D eigenvalue weighted by Gasteiger charge is -2.27. The fourth-order valence-electron chi connectivity index (χ4n) is 13.6. The van der Waals surface area contributed by atoms with Crippen molar-refractivity contribution in [3.63, 3.8) is 0 Å².